The van der Waals surface area contributed by atoms with Crippen LogP contribution in [0.3, 0.4) is 0 Å². The topological polar surface area (TPSA) is 66.8 Å². The second kappa shape index (κ2) is 8.49. The van der Waals surface area contributed by atoms with Crippen molar-refractivity contribution in [3.63, 3.8) is 0 Å². The molecular weight excluding hydrogens is 358 g/mol. The first kappa shape index (κ1) is 19.5. The van der Waals surface area contributed by atoms with E-state index in [1.165, 1.54) is 16.7 Å². The zero-order chi connectivity index (χ0) is 18.6. The number of amides is 1. The van der Waals surface area contributed by atoms with Crippen LogP contribution in [0.25, 0.3) is 6.08 Å². The summed E-state index contributed by atoms with van der Waals surface area (Å²) in [6, 6.07) is 5.92. The predicted octanol–water partition coefficient (Wildman–Crippen LogP) is 3.88. The Balaban J connectivity index is 2.24. The normalized spacial score (nSPS) is 16.2. The zero-order valence-electron chi connectivity index (χ0n) is 14.4. The number of rotatable bonds is 7. The van der Waals surface area contributed by atoms with E-state index < -0.39 is 5.97 Å². The molecule has 1 aromatic carbocycles. The van der Waals surface area contributed by atoms with Crippen LogP contribution in [-0.4, -0.2) is 39.9 Å². The molecule has 1 amide bonds. The van der Waals surface area contributed by atoms with E-state index in [1.54, 1.807) is 13.2 Å². The Morgan fingerprint density at radius 3 is 2.76 bits per heavy atom. The third kappa shape index (κ3) is 4.83. The Bertz CT molecular complexity index is 728. The highest BCUT2D eigenvalue weighted by atomic mass is 32.2. The Hall–Kier alpha value is -1.86. The van der Waals surface area contributed by atoms with E-state index in [4.69, 9.17) is 22.1 Å². The van der Waals surface area contributed by atoms with Crippen LogP contribution in [0.4, 0.5) is 0 Å². The van der Waals surface area contributed by atoms with E-state index in [2.05, 4.69) is 13.8 Å². The Kier molecular flexibility index (Phi) is 6.61. The number of carbonyl (C=O) groups is 2. The fraction of sp³-hybridized carbons (Fsp3) is 0.389. The third-order valence-electron chi connectivity index (χ3n) is 3.85. The first-order valence-corrected chi connectivity index (χ1v) is 9.21. The molecule has 5 nitrogen and oxygen atoms in total. The van der Waals surface area contributed by atoms with E-state index in [1.807, 2.05) is 18.2 Å². The van der Waals surface area contributed by atoms with Gasteiger partial charge in [0.25, 0.3) is 5.91 Å². The monoisotopic (exact) mass is 379 g/mol. The summed E-state index contributed by atoms with van der Waals surface area (Å²) in [5.41, 5.74) is 1.99. The Morgan fingerprint density at radius 2 is 2.16 bits per heavy atom. The molecule has 0 spiro atoms. The molecule has 1 aliphatic heterocycles. The predicted molar refractivity (Wildman–Crippen MR) is 104 cm³/mol. The van der Waals surface area contributed by atoms with E-state index in [9.17, 15) is 9.59 Å². The highest BCUT2D eigenvalue weighted by Gasteiger charge is 2.31. The molecule has 1 fully saturated rings. The number of carboxylic acid groups (broad SMARTS) is 1. The Morgan fingerprint density at radius 1 is 1.44 bits per heavy atom. The molecule has 0 aromatic heterocycles. The van der Waals surface area contributed by atoms with E-state index in [0.717, 1.165) is 11.1 Å². The number of thiocarbonyl (C=S) groups is 1. The number of methoxy groups -OCH3 is 1. The molecule has 0 bridgehead atoms. The SMILES string of the molecule is COc1ccc(C(C)C)cc1C=C1SC(=S)N(CCCC(=O)O)C1=O. The maximum absolute atomic E-state index is 12.6. The number of carboxylic acids is 1. The van der Waals surface area contributed by atoms with Crippen molar-refractivity contribution < 1.29 is 19.4 Å². The summed E-state index contributed by atoms with van der Waals surface area (Å²) in [4.78, 5) is 25.2. The number of ether oxygens (including phenoxy) is 1. The minimum atomic E-state index is -0.879. The molecule has 0 aliphatic carbocycles. The van der Waals surface area contributed by atoms with Crippen molar-refractivity contribution in [3.05, 3.63) is 34.2 Å². The minimum Gasteiger partial charge on any atom is -0.496 e. The second-order valence-corrected chi connectivity index (χ2v) is 7.66. The van der Waals surface area contributed by atoms with Crippen LogP contribution in [-0.2, 0) is 9.59 Å². The number of hydrogen-bond donors (Lipinski definition) is 1. The molecule has 1 heterocycles. The van der Waals surface area contributed by atoms with Crippen molar-refractivity contribution >= 4 is 46.3 Å². The molecule has 7 heteroatoms. The van der Waals surface area contributed by atoms with Gasteiger partial charge in [-0.2, -0.15) is 0 Å². The molecule has 1 aromatic rings. The van der Waals surface area contributed by atoms with Crippen LogP contribution < -0.4 is 4.74 Å². The van der Waals surface area contributed by atoms with Crippen LogP contribution in [0.15, 0.2) is 23.1 Å². The van der Waals surface area contributed by atoms with Crippen LogP contribution >= 0.6 is 24.0 Å². The van der Waals surface area contributed by atoms with Gasteiger partial charge in [-0.05, 0) is 36.1 Å². The highest BCUT2D eigenvalue weighted by molar-refractivity contribution is 8.26. The molecule has 0 unspecified atom stereocenters. The lowest BCUT2D eigenvalue weighted by molar-refractivity contribution is -0.137. The summed E-state index contributed by atoms with van der Waals surface area (Å²) in [6.07, 6.45) is 2.18. The van der Waals surface area contributed by atoms with Crippen molar-refractivity contribution in [3.8, 4) is 5.75 Å². The third-order valence-corrected chi connectivity index (χ3v) is 5.23. The number of thioether (sulfide) groups is 1. The first-order valence-electron chi connectivity index (χ1n) is 7.98. The van der Waals surface area contributed by atoms with Crippen molar-refractivity contribution in [1.29, 1.82) is 0 Å². The molecule has 1 aliphatic rings. The summed E-state index contributed by atoms with van der Waals surface area (Å²) >= 11 is 6.50. The number of carbonyl (C=O) groups excluding carboxylic acids is 1. The molecule has 0 radical (unpaired) electrons. The largest absolute Gasteiger partial charge is 0.496 e. The van der Waals surface area contributed by atoms with Gasteiger partial charge in [0.2, 0.25) is 0 Å². The van der Waals surface area contributed by atoms with Gasteiger partial charge in [-0.25, -0.2) is 0 Å². The lowest BCUT2D eigenvalue weighted by atomic mass is 10.00. The number of hydrogen-bond acceptors (Lipinski definition) is 5. The van der Waals surface area contributed by atoms with Gasteiger partial charge >= 0.3 is 5.97 Å². The van der Waals surface area contributed by atoms with Crippen LogP contribution in [0.1, 0.15) is 43.7 Å². The van der Waals surface area contributed by atoms with Gasteiger partial charge in [-0.3, -0.25) is 14.5 Å². The fourth-order valence-electron chi connectivity index (χ4n) is 2.45. The highest BCUT2D eigenvalue weighted by Crippen LogP contribution is 2.35. The second-order valence-electron chi connectivity index (χ2n) is 5.99. The van der Waals surface area contributed by atoms with Crippen LogP contribution in [0, 0.1) is 0 Å². The summed E-state index contributed by atoms with van der Waals surface area (Å²) in [5.74, 6) is -0.00209. The van der Waals surface area contributed by atoms with Crippen molar-refractivity contribution in [2.45, 2.75) is 32.6 Å². The van der Waals surface area contributed by atoms with Crippen LogP contribution in [0.5, 0.6) is 5.75 Å². The summed E-state index contributed by atoms with van der Waals surface area (Å²) in [7, 11) is 1.60. The molecule has 0 atom stereocenters. The van der Waals surface area contributed by atoms with E-state index in [-0.39, 0.29) is 12.3 Å². The number of benzene rings is 1. The number of nitrogens with zero attached hydrogens (tertiary/aromatic N) is 1. The summed E-state index contributed by atoms with van der Waals surface area (Å²) < 4.78 is 5.85. The molecule has 2 rings (SSSR count). The molecule has 134 valence electrons. The molecule has 1 saturated heterocycles. The summed E-state index contributed by atoms with van der Waals surface area (Å²) in [6.45, 7) is 4.53. The van der Waals surface area contributed by atoms with Crippen LogP contribution in [0.2, 0.25) is 0 Å². The van der Waals surface area contributed by atoms with Gasteiger partial charge in [-0.1, -0.05) is 43.9 Å². The average molecular weight is 380 g/mol. The maximum Gasteiger partial charge on any atom is 0.303 e. The molecule has 0 saturated carbocycles. The Labute approximate surface area is 157 Å². The van der Waals surface area contributed by atoms with E-state index >= 15 is 0 Å². The van der Waals surface area contributed by atoms with Gasteiger partial charge in [-0.15, -0.1) is 0 Å². The van der Waals surface area contributed by atoms with Crippen molar-refractivity contribution in [1.82, 2.24) is 4.90 Å². The smallest absolute Gasteiger partial charge is 0.303 e. The van der Waals surface area contributed by atoms with Gasteiger partial charge in [0.05, 0.1) is 12.0 Å². The van der Waals surface area contributed by atoms with Crippen molar-refractivity contribution in [2.24, 2.45) is 0 Å². The lowest BCUT2D eigenvalue weighted by Crippen LogP contribution is -2.29. The van der Waals surface area contributed by atoms with Gasteiger partial charge < -0.3 is 9.84 Å². The minimum absolute atomic E-state index is 0.0143. The molecule has 1 N–H and O–H groups in total. The van der Waals surface area contributed by atoms with Gasteiger partial charge in [0.15, 0.2) is 0 Å². The number of aliphatic carboxylic acids is 1. The standard InChI is InChI=1S/C18H21NO4S2/c1-11(2)12-6-7-14(23-3)13(9-12)10-15-17(22)19(18(24)25-15)8-4-5-16(20)21/h6-7,9-11H,4-5,8H2,1-3H3,(H,20,21). The average Bonchev–Trinajstić information content (AvgIpc) is 2.81. The molecular formula is C18H21NO4S2. The molecule has 25 heavy (non-hydrogen) atoms. The quantitative estimate of drug-likeness (QED) is 0.573. The maximum atomic E-state index is 12.6. The van der Waals surface area contributed by atoms with Gasteiger partial charge in [0.1, 0.15) is 10.1 Å². The van der Waals surface area contributed by atoms with E-state index in [0.29, 0.717) is 33.9 Å². The fourth-order valence-corrected chi connectivity index (χ4v) is 3.75. The van der Waals surface area contributed by atoms with Crippen molar-refractivity contribution in [2.75, 3.05) is 13.7 Å². The zero-order valence-corrected chi connectivity index (χ0v) is 16.1. The first-order chi connectivity index (χ1) is 11.8. The van der Waals surface area contributed by atoms with Gasteiger partial charge in [0, 0.05) is 18.5 Å². The lowest BCUT2D eigenvalue weighted by Gasteiger charge is -2.13. The summed E-state index contributed by atoms with van der Waals surface area (Å²) in [5, 5.41) is 8.73.